The average molecular weight is 360 g/mol. The molecule has 5 nitrogen and oxygen atoms in total. The van der Waals surface area contributed by atoms with Crippen LogP contribution in [0.25, 0.3) is 0 Å². The summed E-state index contributed by atoms with van der Waals surface area (Å²) in [5.41, 5.74) is 8.99. The van der Waals surface area contributed by atoms with Crippen LogP contribution in [0.2, 0.25) is 5.02 Å². The largest absolute Gasteiger partial charge is 0.399 e. The van der Waals surface area contributed by atoms with Crippen LogP contribution in [0, 0.1) is 6.92 Å². The van der Waals surface area contributed by atoms with Crippen molar-refractivity contribution in [3.63, 3.8) is 0 Å². The zero-order valence-electron chi connectivity index (χ0n) is 14.1. The van der Waals surface area contributed by atoms with E-state index < -0.39 is 0 Å². The highest BCUT2D eigenvalue weighted by Crippen LogP contribution is 2.22. The lowest BCUT2D eigenvalue weighted by molar-refractivity contribution is -0.121. The molecule has 2 aromatic carbocycles. The molecule has 0 saturated heterocycles. The van der Waals surface area contributed by atoms with Gasteiger partial charge in [0, 0.05) is 35.8 Å². The average Bonchev–Trinajstić information content (AvgIpc) is 2.58. The lowest BCUT2D eigenvalue weighted by Crippen LogP contribution is -2.28. The number of para-hydroxylation sites is 1. The molecule has 25 heavy (non-hydrogen) atoms. The van der Waals surface area contributed by atoms with Crippen LogP contribution >= 0.6 is 11.6 Å². The van der Waals surface area contributed by atoms with Crippen LogP contribution in [-0.2, 0) is 16.0 Å². The van der Waals surface area contributed by atoms with Crippen LogP contribution in [0.15, 0.2) is 42.5 Å². The van der Waals surface area contributed by atoms with Gasteiger partial charge < -0.3 is 16.4 Å². The van der Waals surface area contributed by atoms with Gasteiger partial charge >= 0.3 is 0 Å². The van der Waals surface area contributed by atoms with Crippen molar-refractivity contribution in [2.75, 3.05) is 17.6 Å². The summed E-state index contributed by atoms with van der Waals surface area (Å²) in [5.74, 6) is -0.270. The first-order chi connectivity index (χ1) is 12.0. The maximum Gasteiger partial charge on any atom is 0.226 e. The molecule has 0 aromatic heterocycles. The number of rotatable bonds is 7. The van der Waals surface area contributed by atoms with E-state index >= 15 is 0 Å². The summed E-state index contributed by atoms with van der Waals surface area (Å²) in [5, 5.41) is 6.15. The maximum absolute atomic E-state index is 12.0. The van der Waals surface area contributed by atoms with Gasteiger partial charge in [-0.05, 0) is 42.7 Å². The first-order valence-corrected chi connectivity index (χ1v) is 8.50. The molecule has 0 saturated carbocycles. The smallest absolute Gasteiger partial charge is 0.226 e. The van der Waals surface area contributed by atoms with Gasteiger partial charge in [-0.15, -0.1) is 0 Å². The van der Waals surface area contributed by atoms with E-state index in [1.165, 1.54) is 0 Å². The van der Waals surface area contributed by atoms with Crippen molar-refractivity contribution in [3.05, 3.63) is 58.6 Å². The molecule has 0 aliphatic rings. The Hall–Kier alpha value is -2.53. The molecule has 0 bridgehead atoms. The Morgan fingerprint density at radius 2 is 1.80 bits per heavy atom. The summed E-state index contributed by atoms with van der Waals surface area (Å²) in [6, 6.07) is 12.8. The Bertz CT molecular complexity index is 762. The van der Waals surface area contributed by atoms with Gasteiger partial charge in [-0.25, -0.2) is 0 Å². The number of carbonyl (C=O) groups excluding carboxylic acids is 2. The van der Waals surface area contributed by atoms with E-state index in [4.69, 9.17) is 17.3 Å². The van der Waals surface area contributed by atoms with E-state index in [9.17, 15) is 9.59 Å². The van der Waals surface area contributed by atoms with E-state index in [0.29, 0.717) is 29.2 Å². The quantitative estimate of drug-likeness (QED) is 0.663. The Kier molecular flexibility index (Phi) is 6.83. The number of anilines is 2. The monoisotopic (exact) mass is 359 g/mol. The molecule has 6 heteroatoms. The molecule has 0 unspecified atom stereocenters. The highest BCUT2D eigenvalue weighted by Gasteiger charge is 2.08. The van der Waals surface area contributed by atoms with Crippen molar-refractivity contribution < 1.29 is 9.59 Å². The van der Waals surface area contributed by atoms with Crippen molar-refractivity contribution in [3.8, 4) is 0 Å². The van der Waals surface area contributed by atoms with E-state index in [2.05, 4.69) is 10.6 Å². The molecule has 0 fully saturated rings. The number of aryl methyl sites for hydroxylation is 1. The van der Waals surface area contributed by atoms with Gasteiger partial charge in [-0.3, -0.25) is 9.59 Å². The fourth-order valence-electron chi connectivity index (χ4n) is 2.37. The van der Waals surface area contributed by atoms with E-state index in [-0.39, 0.29) is 24.8 Å². The lowest BCUT2D eigenvalue weighted by atomic mass is 10.1. The molecule has 2 aromatic rings. The summed E-state index contributed by atoms with van der Waals surface area (Å²) in [7, 11) is 0. The predicted octanol–water partition coefficient (Wildman–Crippen LogP) is 3.31. The third kappa shape index (κ3) is 5.80. The van der Waals surface area contributed by atoms with Crippen LogP contribution in [-0.4, -0.2) is 18.4 Å². The highest BCUT2D eigenvalue weighted by molar-refractivity contribution is 6.31. The second kappa shape index (κ2) is 9.08. The fraction of sp³-hybridized carbons (Fsp3) is 0.263. The summed E-state index contributed by atoms with van der Waals surface area (Å²) in [6.45, 7) is 2.13. The normalized spacial score (nSPS) is 10.3. The molecule has 0 radical (unpaired) electrons. The number of amides is 2. The number of halogens is 1. The Morgan fingerprint density at radius 3 is 2.56 bits per heavy atom. The highest BCUT2D eigenvalue weighted by atomic mass is 35.5. The summed E-state index contributed by atoms with van der Waals surface area (Å²) < 4.78 is 0. The zero-order valence-corrected chi connectivity index (χ0v) is 14.9. The van der Waals surface area contributed by atoms with Gasteiger partial charge in [-0.2, -0.15) is 0 Å². The van der Waals surface area contributed by atoms with Gasteiger partial charge in [0.05, 0.1) is 0 Å². The predicted molar refractivity (Wildman–Crippen MR) is 102 cm³/mol. The van der Waals surface area contributed by atoms with Gasteiger partial charge in [0.1, 0.15) is 0 Å². The second-order valence-corrected chi connectivity index (χ2v) is 6.17. The third-order valence-corrected chi connectivity index (χ3v) is 4.30. The van der Waals surface area contributed by atoms with E-state index in [0.717, 1.165) is 11.1 Å². The molecule has 2 rings (SSSR count). The van der Waals surface area contributed by atoms with Crippen molar-refractivity contribution in [1.29, 1.82) is 0 Å². The number of benzene rings is 2. The molecular weight excluding hydrogens is 338 g/mol. The van der Waals surface area contributed by atoms with Crippen LogP contribution in [0.5, 0.6) is 0 Å². The molecule has 0 aliphatic heterocycles. The van der Waals surface area contributed by atoms with Crippen molar-refractivity contribution >= 4 is 34.8 Å². The van der Waals surface area contributed by atoms with Gasteiger partial charge in [0.2, 0.25) is 11.8 Å². The van der Waals surface area contributed by atoms with Crippen LogP contribution in [0.1, 0.15) is 24.0 Å². The van der Waals surface area contributed by atoms with Crippen LogP contribution in [0.3, 0.4) is 0 Å². The molecule has 132 valence electrons. The van der Waals surface area contributed by atoms with Crippen molar-refractivity contribution in [2.45, 2.75) is 26.2 Å². The topological polar surface area (TPSA) is 84.2 Å². The number of nitrogens with two attached hydrogens (primary N) is 1. The van der Waals surface area contributed by atoms with Crippen LogP contribution < -0.4 is 16.4 Å². The molecule has 4 N–H and O–H groups in total. The van der Waals surface area contributed by atoms with E-state index in [1.54, 1.807) is 18.2 Å². The second-order valence-electron chi connectivity index (χ2n) is 5.76. The van der Waals surface area contributed by atoms with Crippen molar-refractivity contribution in [1.82, 2.24) is 5.32 Å². The molecular formula is C19H22ClN3O2. The number of carbonyl (C=O) groups is 2. The summed E-state index contributed by atoms with van der Waals surface area (Å²) in [4.78, 5) is 23.8. The molecule has 0 atom stereocenters. The number of hydrogen-bond donors (Lipinski definition) is 3. The first-order valence-electron chi connectivity index (χ1n) is 8.12. The number of hydrogen-bond acceptors (Lipinski definition) is 3. The zero-order chi connectivity index (χ0) is 18.2. The number of nitrogens with one attached hydrogen (secondary N) is 2. The van der Waals surface area contributed by atoms with Gasteiger partial charge in [-0.1, -0.05) is 35.9 Å². The van der Waals surface area contributed by atoms with Gasteiger partial charge in [0.25, 0.3) is 0 Å². The summed E-state index contributed by atoms with van der Waals surface area (Å²) in [6.07, 6.45) is 1.11. The Labute approximate surface area is 152 Å². The Morgan fingerprint density at radius 1 is 1.04 bits per heavy atom. The van der Waals surface area contributed by atoms with Crippen molar-refractivity contribution in [2.24, 2.45) is 0 Å². The van der Waals surface area contributed by atoms with Crippen LogP contribution in [0.4, 0.5) is 11.4 Å². The lowest BCUT2D eigenvalue weighted by Gasteiger charge is -2.10. The molecule has 0 heterocycles. The van der Waals surface area contributed by atoms with Gasteiger partial charge in [0.15, 0.2) is 0 Å². The number of nitrogen functional groups attached to an aromatic ring is 1. The standard InChI is InChI=1S/C19H22ClN3O2/c1-13-15(20)6-4-8-17(13)23-19(25)11-12-22-18(24)10-9-14-5-2-3-7-16(14)21/h2-8H,9-12,21H2,1H3,(H,22,24)(H,23,25). The molecule has 0 aliphatic carbocycles. The minimum absolute atomic E-state index is 0.102. The minimum atomic E-state index is -0.169. The molecule has 0 spiro atoms. The molecule has 2 amide bonds. The Balaban J connectivity index is 1.71. The maximum atomic E-state index is 12.0. The third-order valence-electron chi connectivity index (χ3n) is 3.89. The fourth-order valence-corrected chi connectivity index (χ4v) is 2.54. The SMILES string of the molecule is Cc1c(Cl)cccc1NC(=O)CCNC(=O)CCc1ccccc1N. The first kappa shape index (κ1) is 18.8. The minimum Gasteiger partial charge on any atom is -0.399 e. The summed E-state index contributed by atoms with van der Waals surface area (Å²) >= 11 is 6.02. The van der Waals surface area contributed by atoms with E-state index in [1.807, 2.05) is 31.2 Å².